The maximum atomic E-state index is 6.29. The Kier molecular flexibility index (Phi) is 6.81. The monoisotopic (exact) mass is 329 g/mol. The predicted molar refractivity (Wildman–Crippen MR) is 90.4 cm³/mol. The zero-order valence-electron chi connectivity index (χ0n) is 12.9. The molecule has 1 N–H and O–H groups in total. The number of benzene rings is 1. The number of hydrogen-bond acceptors (Lipinski definition) is 2. The summed E-state index contributed by atoms with van der Waals surface area (Å²) in [5, 5.41) is 5.11. The van der Waals surface area contributed by atoms with Gasteiger partial charge in [-0.1, -0.05) is 36.2 Å². The van der Waals surface area contributed by atoms with Gasteiger partial charge in [-0.15, -0.1) is 0 Å². The molecule has 1 aromatic carbocycles. The van der Waals surface area contributed by atoms with Gasteiger partial charge in [0.15, 0.2) is 0 Å². The highest BCUT2D eigenvalue weighted by atomic mass is 35.5. The van der Waals surface area contributed by atoms with Crippen molar-refractivity contribution >= 4 is 23.2 Å². The Balaban J connectivity index is 1.91. The van der Waals surface area contributed by atoms with Crippen LogP contribution in [0.1, 0.15) is 38.7 Å². The van der Waals surface area contributed by atoms with Crippen LogP contribution in [0, 0.1) is 5.92 Å². The van der Waals surface area contributed by atoms with E-state index < -0.39 is 0 Å². The van der Waals surface area contributed by atoms with Gasteiger partial charge >= 0.3 is 0 Å². The molecule has 0 saturated heterocycles. The Hall–Kier alpha value is -0.280. The van der Waals surface area contributed by atoms with Crippen LogP contribution in [0.3, 0.4) is 0 Å². The second-order valence-corrected chi connectivity index (χ2v) is 6.62. The molecule has 0 aliphatic heterocycles. The molecule has 1 atom stereocenters. The highest BCUT2D eigenvalue weighted by molar-refractivity contribution is 6.36. The quantitative estimate of drug-likeness (QED) is 0.745. The van der Waals surface area contributed by atoms with Crippen LogP contribution >= 0.6 is 23.2 Å². The predicted octanol–water partition coefficient (Wildman–Crippen LogP) is 4.72. The zero-order valence-corrected chi connectivity index (χ0v) is 14.4. The molecule has 1 fully saturated rings. The fourth-order valence-electron chi connectivity index (χ4n) is 3.14. The van der Waals surface area contributed by atoms with Gasteiger partial charge in [0.2, 0.25) is 0 Å². The first kappa shape index (κ1) is 17.1. The molecule has 2 rings (SSSR count). The van der Waals surface area contributed by atoms with Crippen LogP contribution in [-0.2, 0) is 11.2 Å². The largest absolute Gasteiger partial charge is 0.378 e. The van der Waals surface area contributed by atoms with Crippen molar-refractivity contribution in [2.75, 3.05) is 13.2 Å². The molecule has 2 nitrogen and oxygen atoms in total. The fourth-order valence-corrected chi connectivity index (χ4v) is 3.69. The number of likely N-dealkylation sites (N-methyl/N-ethyl adjacent to an activating group) is 1. The van der Waals surface area contributed by atoms with E-state index in [9.17, 15) is 0 Å². The molecule has 1 aliphatic carbocycles. The Labute approximate surface area is 138 Å². The maximum absolute atomic E-state index is 6.29. The Bertz CT molecular complexity index is 426. The summed E-state index contributed by atoms with van der Waals surface area (Å²) in [7, 11) is 0. The fraction of sp³-hybridized carbons (Fsp3) is 0.647. The first-order valence-corrected chi connectivity index (χ1v) is 8.67. The first-order valence-electron chi connectivity index (χ1n) is 7.91. The van der Waals surface area contributed by atoms with Gasteiger partial charge in [-0.25, -0.2) is 0 Å². The van der Waals surface area contributed by atoms with Gasteiger partial charge in [-0.3, -0.25) is 0 Å². The summed E-state index contributed by atoms with van der Waals surface area (Å²) in [6.45, 7) is 6.00. The molecule has 0 amide bonds. The van der Waals surface area contributed by atoms with E-state index in [0.29, 0.717) is 12.1 Å². The van der Waals surface area contributed by atoms with Gasteiger partial charge in [0, 0.05) is 22.7 Å². The molecular formula is C17H25Cl2NO. The Morgan fingerprint density at radius 2 is 1.90 bits per heavy atom. The van der Waals surface area contributed by atoms with Gasteiger partial charge < -0.3 is 10.1 Å². The van der Waals surface area contributed by atoms with Gasteiger partial charge in [0.1, 0.15) is 0 Å². The molecule has 0 aromatic heterocycles. The molecule has 0 spiro atoms. The van der Waals surface area contributed by atoms with Crippen LogP contribution < -0.4 is 5.32 Å². The van der Waals surface area contributed by atoms with Crippen molar-refractivity contribution in [3.8, 4) is 0 Å². The van der Waals surface area contributed by atoms with Gasteiger partial charge in [0.05, 0.1) is 6.10 Å². The van der Waals surface area contributed by atoms with E-state index in [-0.39, 0.29) is 0 Å². The van der Waals surface area contributed by atoms with Crippen LogP contribution in [-0.4, -0.2) is 25.3 Å². The van der Waals surface area contributed by atoms with Gasteiger partial charge in [-0.2, -0.15) is 0 Å². The van der Waals surface area contributed by atoms with Gasteiger partial charge in [-0.05, 0) is 62.8 Å². The van der Waals surface area contributed by atoms with E-state index in [1.54, 1.807) is 0 Å². The summed E-state index contributed by atoms with van der Waals surface area (Å²) in [4.78, 5) is 0. The number of rotatable bonds is 8. The summed E-state index contributed by atoms with van der Waals surface area (Å²) in [6, 6.07) is 6.16. The minimum Gasteiger partial charge on any atom is -0.378 e. The normalized spacial score (nSPS) is 22.9. The summed E-state index contributed by atoms with van der Waals surface area (Å²) >= 11 is 12.6. The average Bonchev–Trinajstić information content (AvgIpc) is 2.40. The highest BCUT2D eigenvalue weighted by Gasteiger charge is 2.31. The van der Waals surface area contributed by atoms with Crippen molar-refractivity contribution in [2.24, 2.45) is 5.92 Å². The topological polar surface area (TPSA) is 21.3 Å². The molecule has 118 valence electrons. The number of nitrogens with one attached hydrogen (secondary N) is 1. The molecule has 0 heterocycles. The summed E-state index contributed by atoms with van der Waals surface area (Å²) < 4.78 is 5.64. The highest BCUT2D eigenvalue weighted by Crippen LogP contribution is 2.35. The molecule has 1 saturated carbocycles. The number of halogens is 2. The van der Waals surface area contributed by atoms with E-state index in [4.69, 9.17) is 27.9 Å². The molecule has 1 aliphatic rings. The van der Waals surface area contributed by atoms with Crippen LogP contribution in [0.25, 0.3) is 0 Å². The van der Waals surface area contributed by atoms with Crippen molar-refractivity contribution in [1.29, 1.82) is 0 Å². The second kappa shape index (κ2) is 8.38. The van der Waals surface area contributed by atoms with Crippen LogP contribution in [0.15, 0.2) is 18.2 Å². The minimum atomic E-state index is 0.431. The second-order valence-electron chi connectivity index (χ2n) is 5.81. The van der Waals surface area contributed by atoms with E-state index in [1.165, 1.54) is 19.3 Å². The van der Waals surface area contributed by atoms with Crippen LogP contribution in [0.2, 0.25) is 10.0 Å². The van der Waals surface area contributed by atoms with Gasteiger partial charge in [0.25, 0.3) is 0 Å². The van der Waals surface area contributed by atoms with E-state index >= 15 is 0 Å². The van der Waals surface area contributed by atoms with Crippen molar-refractivity contribution in [3.63, 3.8) is 0 Å². The molecule has 0 radical (unpaired) electrons. The van der Waals surface area contributed by atoms with Crippen molar-refractivity contribution < 1.29 is 4.74 Å². The molecule has 21 heavy (non-hydrogen) atoms. The SMILES string of the molecule is CCNC(Cc1c(Cl)cccc1Cl)CC1CC(OCC)C1. The van der Waals surface area contributed by atoms with Crippen molar-refractivity contribution in [1.82, 2.24) is 5.32 Å². The first-order chi connectivity index (χ1) is 10.1. The van der Waals surface area contributed by atoms with Crippen LogP contribution in [0.4, 0.5) is 0 Å². The molecular weight excluding hydrogens is 305 g/mol. The summed E-state index contributed by atoms with van der Waals surface area (Å²) in [5.74, 6) is 0.756. The summed E-state index contributed by atoms with van der Waals surface area (Å²) in [6.07, 6.45) is 4.91. The van der Waals surface area contributed by atoms with Crippen molar-refractivity contribution in [2.45, 2.75) is 51.7 Å². The zero-order chi connectivity index (χ0) is 15.2. The molecule has 1 aromatic rings. The third-order valence-corrected chi connectivity index (χ3v) is 4.93. The number of ether oxygens (including phenoxy) is 1. The lowest BCUT2D eigenvalue weighted by molar-refractivity contribution is -0.0289. The average molecular weight is 330 g/mol. The third kappa shape index (κ3) is 4.85. The lowest BCUT2D eigenvalue weighted by atomic mass is 9.77. The number of hydrogen-bond donors (Lipinski definition) is 1. The minimum absolute atomic E-state index is 0.431. The standard InChI is InChI=1S/C17H25Cl2NO/c1-3-20-13(8-12-9-14(10-12)21-4-2)11-15-16(18)6-5-7-17(15)19/h5-7,12-14,20H,3-4,8-11H2,1-2H3. The van der Waals surface area contributed by atoms with Crippen molar-refractivity contribution in [3.05, 3.63) is 33.8 Å². The molecule has 0 bridgehead atoms. The smallest absolute Gasteiger partial charge is 0.0580 e. The molecule has 1 unspecified atom stereocenters. The molecule has 4 heteroatoms. The Morgan fingerprint density at radius 1 is 1.24 bits per heavy atom. The van der Waals surface area contributed by atoms with E-state index in [2.05, 4.69) is 19.2 Å². The maximum Gasteiger partial charge on any atom is 0.0580 e. The van der Waals surface area contributed by atoms with E-state index in [0.717, 1.165) is 41.1 Å². The van der Waals surface area contributed by atoms with Crippen LogP contribution in [0.5, 0.6) is 0 Å². The lowest BCUT2D eigenvalue weighted by Gasteiger charge is -2.37. The summed E-state index contributed by atoms with van der Waals surface area (Å²) in [5.41, 5.74) is 1.06. The Morgan fingerprint density at radius 3 is 2.48 bits per heavy atom. The third-order valence-electron chi connectivity index (χ3n) is 4.22. The van der Waals surface area contributed by atoms with E-state index in [1.807, 2.05) is 18.2 Å². The lowest BCUT2D eigenvalue weighted by Crippen LogP contribution is -2.39.